The lowest BCUT2D eigenvalue weighted by molar-refractivity contribution is 0.794. The van der Waals surface area contributed by atoms with Crippen LogP contribution in [0.5, 0.6) is 0 Å². The summed E-state index contributed by atoms with van der Waals surface area (Å²) in [6, 6.07) is 64.2. The molecule has 1 atom stereocenters. The molecule has 0 fully saturated rings. The monoisotopic (exact) mass is 741 g/mol. The third-order valence-electron chi connectivity index (χ3n) is 12.4. The fourth-order valence-corrected chi connectivity index (χ4v) is 9.71. The number of pyridine rings is 1. The van der Waals surface area contributed by atoms with Crippen molar-refractivity contribution in [3.8, 4) is 78.3 Å². The average molecular weight is 742 g/mol. The summed E-state index contributed by atoms with van der Waals surface area (Å²) in [5.41, 5.74) is 23.0. The number of aromatic nitrogens is 3. The molecule has 0 aliphatic heterocycles. The van der Waals surface area contributed by atoms with Crippen LogP contribution in [0.1, 0.15) is 39.2 Å². The molecule has 0 N–H and O–H groups in total. The van der Waals surface area contributed by atoms with E-state index in [4.69, 9.17) is 15.0 Å². The minimum absolute atomic E-state index is 0.525. The van der Waals surface area contributed by atoms with Gasteiger partial charge in [-0.1, -0.05) is 158 Å². The van der Waals surface area contributed by atoms with Crippen molar-refractivity contribution in [1.29, 1.82) is 0 Å². The number of nitrogens with zero attached hydrogens (tertiary/aromatic N) is 3. The van der Waals surface area contributed by atoms with Crippen molar-refractivity contribution >= 4 is 0 Å². The molecule has 0 saturated heterocycles. The summed E-state index contributed by atoms with van der Waals surface area (Å²) >= 11 is 0. The van der Waals surface area contributed by atoms with E-state index >= 15 is 0 Å². The van der Waals surface area contributed by atoms with Gasteiger partial charge in [0, 0.05) is 22.9 Å². The van der Waals surface area contributed by atoms with Crippen molar-refractivity contribution < 1.29 is 0 Å². The van der Waals surface area contributed by atoms with Crippen LogP contribution in [0.2, 0.25) is 0 Å². The molecule has 1 unspecified atom stereocenters. The van der Waals surface area contributed by atoms with Gasteiger partial charge in [0.15, 0.2) is 0 Å². The van der Waals surface area contributed by atoms with Gasteiger partial charge >= 0.3 is 0 Å². The fourth-order valence-electron chi connectivity index (χ4n) is 9.71. The predicted molar refractivity (Wildman–Crippen MR) is 238 cm³/mol. The third-order valence-corrected chi connectivity index (χ3v) is 12.4. The highest BCUT2D eigenvalue weighted by Gasteiger charge is 2.52. The Morgan fingerprint density at radius 1 is 0.345 bits per heavy atom. The summed E-state index contributed by atoms with van der Waals surface area (Å²) in [5, 5.41) is 0. The Balaban J connectivity index is 1.14. The van der Waals surface area contributed by atoms with Gasteiger partial charge in [-0.15, -0.1) is 0 Å². The predicted octanol–water partition coefficient (Wildman–Crippen LogP) is 13.5. The van der Waals surface area contributed by atoms with Gasteiger partial charge < -0.3 is 0 Å². The van der Waals surface area contributed by atoms with Crippen LogP contribution in [0.3, 0.4) is 0 Å². The van der Waals surface area contributed by atoms with Crippen LogP contribution in [0, 0.1) is 20.8 Å². The van der Waals surface area contributed by atoms with Crippen LogP contribution in [-0.2, 0) is 5.41 Å². The van der Waals surface area contributed by atoms with Crippen LogP contribution in [-0.4, -0.2) is 15.0 Å². The summed E-state index contributed by atoms with van der Waals surface area (Å²) in [5.74, 6) is 0.743. The molecular weight excluding hydrogens is 703 g/mol. The zero-order valence-electron chi connectivity index (χ0n) is 32.7. The number of aryl methyl sites for hydroxylation is 3. The lowest BCUT2D eigenvalue weighted by Crippen LogP contribution is -2.25. The molecule has 7 aromatic carbocycles. The Morgan fingerprint density at radius 2 is 0.914 bits per heavy atom. The molecule has 0 saturated carbocycles. The summed E-state index contributed by atoms with van der Waals surface area (Å²) in [6.07, 6.45) is 2.00. The van der Waals surface area contributed by atoms with E-state index in [1.54, 1.807) is 0 Å². The molecule has 11 rings (SSSR count). The van der Waals surface area contributed by atoms with Gasteiger partial charge in [0.05, 0.1) is 22.5 Å². The van der Waals surface area contributed by atoms with Crippen molar-refractivity contribution in [1.82, 2.24) is 15.0 Å². The lowest BCUT2D eigenvalue weighted by Gasteiger charge is -2.31. The fraction of sp³-hybridized carbons (Fsp3) is 0.0727. The van der Waals surface area contributed by atoms with E-state index in [1.807, 2.05) is 13.1 Å². The smallest absolute Gasteiger partial charge is 0.126 e. The number of benzene rings is 7. The van der Waals surface area contributed by atoms with Gasteiger partial charge in [-0.2, -0.15) is 0 Å². The topological polar surface area (TPSA) is 38.7 Å². The van der Waals surface area contributed by atoms with E-state index in [0.717, 1.165) is 45.2 Å². The molecule has 3 heteroatoms. The quantitative estimate of drug-likeness (QED) is 0.176. The average Bonchev–Trinajstić information content (AvgIpc) is 3.75. The molecule has 274 valence electrons. The number of rotatable bonds is 5. The Morgan fingerprint density at radius 3 is 1.67 bits per heavy atom. The van der Waals surface area contributed by atoms with Crippen molar-refractivity contribution in [2.24, 2.45) is 0 Å². The SMILES string of the molecule is Cc1nc(-c2ccc3c(c2)C2(c4ccccc4-3)c3ccccc3-c3c(-c4ccccc4-c4cc(C)c(C)cn4)cccc32)cc(-c2ccccc2-c2ccccc2)n1. The minimum atomic E-state index is -0.525. The van der Waals surface area contributed by atoms with Gasteiger partial charge in [0.1, 0.15) is 5.82 Å². The molecular formula is C55H39N3. The standard InChI is InChI=1S/C55H39N3/c1-34-30-52(56-33-35(34)2)44-22-10-8-19-40(44)45-24-15-27-49-54(45)46-23-12-14-26-48(46)55(49)47-25-13-11-20-41(47)42-29-28-38(31-50(42)55)51-32-53(58-36(3)57-51)43-21-9-7-18-39(43)37-16-5-4-6-17-37/h4-33H,1-3H3. The Bertz CT molecular complexity index is 3110. The Labute approximate surface area is 339 Å². The van der Waals surface area contributed by atoms with E-state index in [1.165, 1.54) is 72.3 Å². The zero-order chi connectivity index (χ0) is 39.0. The van der Waals surface area contributed by atoms with E-state index in [9.17, 15) is 0 Å². The van der Waals surface area contributed by atoms with Crippen LogP contribution in [0.25, 0.3) is 78.3 Å². The second kappa shape index (κ2) is 13.2. The highest BCUT2D eigenvalue weighted by molar-refractivity contribution is 6.02. The number of hydrogen-bond donors (Lipinski definition) is 0. The summed E-state index contributed by atoms with van der Waals surface area (Å²) in [6.45, 7) is 6.29. The van der Waals surface area contributed by atoms with E-state index in [2.05, 4.69) is 190 Å². The first kappa shape index (κ1) is 34.1. The zero-order valence-corrected chi connectivity index (χ0v) is 32.7. The largest absolute Gasteiger partial charge is 0.256 e. The second-order valence-corrected chi connectivity index (χ2v) is 15.6. The molecule has 3 nitrogen and oxygen atoms in total. The summed E-state index contributed by atoms with van der Waals surface area (Å²) in [7, 11) is 0. The number of fused-ring (bicyclic) bond motifs is 10. The number of hydrogen-bond acceptors (Lipinski definition) is 3. The van der Waals surface area contributed by atoms with Gasteiger partial charge in [-0.25, -0.2) is 9.97 Å². The molecule has 0 amide bonds. The lowest BCUT2D eigenvalue weighted by atomic mass is 9.70. The summed E-state index contributed by atoms with van der Waals surface area (Å²) < 4.78 is 0. The first-order valence-electron chi connectivity index (χ1n) is 20.0. The maximum Gasteiger partial charge on any atom is 0.126 e. The van der Waals surface area contributed by atoms with Gasteiger partial charge in [-0.05, 0) is 117 Å². The van der Waals surface area contributed by atoms with Crippen molar-refractivity contribution in [3.05, 3.63) is 221 Å². The molecule has 0 bridgehead atoms. The van der Waals surface area contributed by atoms with E-state index < -0.39 is 5.41 Å². The normalized spacial score (nSPS) is 14.5. The van der Waals surface area contributed by atoms with E-state index in [-0.39, 0.29) is 0 Å². The van der Waals surface area contributed by atoms with Gasteiger partial charge in [0.2, 0.25) is 0 Å². The third kappa shape index (κ3) is 5.03. The summed E-state index contributed by atoms with van der Waals surface area (Å²) in [4.78, 5) is 15.1. The van der Waals surface area contributed by atoms with Crippen LogP contribution in [0.15, 0.2) is 182 Å². The Hall–Kier alpha value is -7.23. The van der Waals surface area contributed by atoms with Crippen LogP contribution >= 0.6 is 0 Å². The molecule has 1 spiro atoms. The maximum absolute atomic E-state index is 5.10. The van der Waals surface area contributed by atoms with Crippen LogP contribution < -0.4 is 0 Å². The van der Waals surface area contributed by atoms with Gasteiger partial charge in [-0.3, -0.25) is 4.98 Å². The molecule has 0 radical (unpaired) electrons. The first-order valence-corrected chi connectivity index (χ1v) is 20.0. The van der Waals surface area contributed by atoms with Crippen molar-refractivity contribution in [3.63, 3.8) is 0 Å². The van der Waals surface area contributed by atoms with Gasteiger partial charge in [0.25, 0.3) is 0 Å². The molecule has 2 aliphatic carbocycles. The van der Waals surface area contributed by atoms with Crippen molar-refractivity contribution in [2.75, 3.05) is 0 Å². The molecule has 58 heavy (non-hydrogen) atoms. The molecule has 9 aromatic rings. The highest BCUT2D eigenvalue weighted by Crippen LogP contribution is 2.64. The van der Waals surface area contributed by atoms with E-state index in [0.29, 0.717) is 0 Å². The van der Waals surface area contributed by atoms with Crippen LogP contribution in [0.4, 0.5) is 0 Å². The molecule has 2 heterocycles. The Kier molecular flexibility index (Phi) is 7.74. The molecule has 2 aliphatic rings. The highest BCUT2D eigenvalue weighted by atomic mass is 14.9. The first-order chi connectivity index (χ1) is 28.5. The minimum Gasteiger partial charge on any atom is -0.256 e. The maximum atomic E-state index is 5.10. The second-order valence-electron chi connectivity index (χ2n) is 15.6. The molecule has 2 aromatic heterocycles. The van der Waals surface area contributed by atoms with Crippen molar-refractivity contribution in [2.45, 2.75) is 26.2 Å².